The molecule has 0 fully saturated rings. The number of nitrogens with one attached hydrogen (secondary N) is 1. The van der Waals surface area contributed by atoms with Gasteiger partial charge >= 0.3 is 0 Å². The largest absolute Gasteiger partial charge is 0.309 e. The SMILES string of the molecule is Cc1cc(C)n(-c2cc(NC(=O)Cn3cnnn3)ncn2)n1. The van der Waals surface area contributed by atoms with Crippen molar-refractivity contribution >= 4 is 11.7 Å². The third-order valence-electron chi connectivity index (χ3n) is 2.84. The first-order valence-corrected chi connectivity index (χ1v) is 6.48. The minimum absolute atomic E-state index is 0.00619. The fourth-order valence-corrected chi connectivity index (χ4v) is 1.97. The lowest BCUT2D eigenvalue weighted by Crippen LogP contribution is -2.20. The molecule has 0 aliphatic carbocycles. The first-order valence-electron chi connectivity index (χ1n) is 6.48. The molecule has 3 rings (SSSR count). The van der Waals surface area contributed by atoms with E-state index in [-0.39, 0.29) is 12.5 Å². The highest BCUT2D eigenvalue weighted by Crippen LogP contribution is 2.12. The van der Waals surface area contributed by atoms with Gasteiger partial charge in [0.2, 0.25) is 5.91 Å². The Morgan fingerprint density at radius 1 is 1.27 bits per heavy atom. The molecule has 22 heavy (non-hydrogen) atoms. The summed E-state index contributed by atoms with van der Waals surface area (Å²) >= 11 is 0. The van der Waals surface area contributed by atoms with Crippen molar-refractivity contribution in [2.24, 2.45) is 0 Å². The van der Waals surface area contributed by atoms with Crippen LogP contribution in [0.4, 0.5) is 5.82 Å². The van der Waals surface area contributed by atoms with E-state index in [9.17, 15) is 4.79 Å². The topological polar surface area (TPSA) is 116 Å². The van der Waals surface area contributed by atoms with Gasteiger partial charge in [0.15, 0.2) is 5.82 Å². The predicted octanol–water partition coefficient (Wildman–Crippen LogP) is -0.0957. The van der Waals surface area contributed by atoms with Gasteiger partial charge < -0.3 is 5.32 Å². The summed E-state index contributed by atoms with van der Waals surface area (Å²) in [5.41, 5.74) is 1.84. The lowest BCUT2D eigenvalue weighted by molar-refractivity contribution is -0.116. The molecule has 10 nitrogen and oxygen atoms in total. The maximum atomic E-state index is 11.9. The number of aromatic nitrogens is 8. The highest BCUT2D eigenvalue weighted by molar-refractivity contribution is 5.89. The number of carbonyl (C=O) groups is 1. The van der Waals surface area contributed by atoms with Crippen LogP contribution in [0.1, 0.15) is 11.4 Å². The highest BCUT2D eigenvalue weighted by atomic mass is 16.2. The van der Waals surface area contributed by atoms with E-state index in [0.29, 0.717) is 11.6 Å². The maximum Gasteiger partial charge on any atom is 0.247 e. The zero-order chi connectivity index (χ0) is 15.5. The molecule has 0 saturated carbocycles. The normalized spacial score (nSPS) is 10.6. The van der Waals surface area contributed by atoms with Crippen LogP contribution in [0, 0.1) is 13.8 Å². The van der Waals surface area contributed by atoms with Gasteiger partial charge in [-0.05, 0) is 30.3 Å². The molecule has 1 amide bonds. The van der Waals surface area contributed by atoms with Crippen LogP contribution in [0.25, 0.3) is 5.82 Å². The summed E-state index contributed by atoms with van der Waals surface area (Å²) in [5.74, 6) is 0.680. The number of anilines is 1. The van der Waals surface area contributed by atoms with E-state index in [1.165, 1.54) is 17.3 Å². The fraction of sp³-hybridized carbons (Fsp3) is 0.250. The van der Waals surface area contributed by atoms with Gasteiger partial charge in [-0.15, -0.1) is 5.10 Å². The molecule has 3 aromatic heterocycles. The molecule has 10 heteroatoms. The number of tetrazole rings is 1. The quantitative estimate of drug-likeness (QED) is 0.715. The van der Waals surface area contributed by atoms with Crippen LogP contribution >= 0.6 is 0 Å². The molecule has 0 spiro atoms. The van der Waals surface area contributed by atoms with E-state index < -0.39 is 0 Å². The molecule has 0 aliphatic heterocycles. The monoisotopic (exact) mass is 299 g/mol. The minimum Gasteiger partial charge on any atom is -0.309 e. The second-order valence-corrected chi connectivity index (χ2v) is 4.66. The Balaban J connectivity index is 1.76. The molecule has 0 saturated heterocycles. The van der Waals surface area contributed by atoms with Crippen LogP contribution < -0.4 is 5.32 Å². The predicted molar refractivity (Wildman–Crippen MR) is 75.1 cm³/mol. The Bertz CT molecular complexity index is 793. The smallest absolute Gasteiger partial charge is 0.247 e. The molecular weight excluding hydrogens is 286 g/mol. The average molecular weight is 299 g/mol. The van der Waals surface area contributed by atoms with Crippen LogP contribution in [-0.4, -0.2) is 45.9 Å². The van der Waals surface area contributed by atoms with E-state index in [4.69, 9.17) is 0 Å². The summed E-state index contributed by atoms with van der Waals surface area (Å²) < 4.78 is 3.01. The van der Waals surface area contributed by atoms with Gasteiger partial charge in [-0.2, -0.15) is 5.10 Å². The first kappa shape index (κ1) is 13.8. The van der Waals surface area contributed by atoms with E-state index in [1.54, 1.807) is 10.7 Å². The minimum atomic E-state index is -0.287. The van der Waals surface area contributed by atoms with Crippen molar-refractivity contribution in [1.29, 1.82) is 0 Å². The van der Waals surface area contributed by atoms with Crippen molar-refractivity contribution < 1.29 is 4.79 Å². The van der Waals surface area contributed by atoms with Gasteiger partial charge in [-0.3, -0.25) is 4.79 Å². The molecule has 0 bridgehead atoms. The van der Waals surface area contributed by atoms with E-state index >= 15 is 0 Å². The Hall–Kier alpha value is -3.17. The summed E-state index contributed by atoms with van der Waals surface area (Å²) in [5, 5.41) is 17.6. The number of hydrogen-bond donors (Lipinski definition) is 1. The number of carbonyl (C=O) groups excluding carboxylic acids is 1. The number of rotatable bonds is 4. The van der Waals surface area contributed by atoms with Gasteiger partial charge in [-0.25, -0.2) is 19.3 Å². The average Bonchev–Trinajstić information content (AvgIpc) is 3.08. The van der Waals surface area contributed by atoms with Gasteiger partial charge in [0, 0.05) is 11.8 Å². The summed E-state index contributed by atoms with van der Waals surface area (Å²) in [6.45, 7) is 3.84. The Labute approximate surface area is 125 Å². The van der Waals surface area contributed by atoms with Gasteiger partial charge in [0.05, 0.1) is 5.69 Å². The number of amides is 1. The van der Waals surface area contributed by atoms with Crippen molar-refractivity contribution in [3.63, 3.8) is 0 Å². The zero-order valence-corrected chi connectivity index (χ0v) is 12.0. The van der Waals surface area contributed by atoms with E-state index in [2.05, 4.69) is 35.9 Å². The molecule has 0 aromatic carbocycles. The van der Waals surface area contributed by atoms with E-state index in [0.717, 1.165) is 11.4 Å². The first-order chi connectivity index (χ1) is 10.6. The van der Waals surface area contributed by atoms with Crippen LogP contribution in [-0.2, 0) is 11.3 Å². The molecule has 1 N–H and O–H groups in total. The van der Waals surface area contributed by atoms with Crippen LogP contribution in [0.5, 0.6) is 0 Å². The maximum absolute atomic E-state index is 11.9. The second kappa shape index (κ2) is 5.68. The van der Waals surface area contributed by atoms with Crippen molar-refractivity contribution in [3.8, 4) is 5.82 Å². The lowest BCUT2D eigenvalue weighted by atomic mass is 10.4. The standard InChI is InChI=1S/C12H13N9O/c1-8-3-9(2)21(17-8)11-4-10(13-6-14-11)16-12(22)5-20-7-15-18-19-20/h3-4,6-7H,5H2,1-2H3,(H,13,14,16,22). The van der Waals surface area contributed by atoms with Crippen molar-refractivity contribution in [1.82, 2.24) is 40.0 Å². The van der Waals surface area contributed by atoms with Crippen molar-refractivity contribution in [2.45, 2.75) is 20.4 Å². The number of aryl methyl sites for hydroxylation is 2. The third kappa shape index (κ3) is 2.95. The Morgan fingerprint density at radius 2 is 2.14 bits per heavy atom. The van der Waals surface area contributed by atoms with Crippen LogP contribution in [0.3, 0.4) is 0 Å². The van der Waals surface area contributed by atoms with E-state index in [1.807, 2.05) is 19.9 Å². The molecule has 0 atom stereocenters. The van der Waals surface area contributed by atoms with Gasteiger partial charge in [0.1, 0.15) is 25.0 Å². The molecule has 112 valence electrons. The third-order valence-corrected chi connectivity index (χ3v) is 2.84. The summed E-state index contributed by atoms with van der Waals surface area (Å²) in [4.78, 5) is 20.1. The lowest BCUT2D eigenvalue weighted by Gasteiger charge is -2.06. The Morgan fingerprint density at radius 3 is 2.82 bits per heavy atom. The molecule has 3 aromatic rings. The summed E-state index contributed by atoms with van der Waals surface area (Å²) in [7, 11) is 0. The summed E-state index contributed by atoms with van der Waals surface area (Å²) in [6, 6.07) is 3.59. The zero-order valence-electron chi connectivity index (χ0n) is 12.0. The molecule has 0 radical (unpaired) electrons. The van der Waals surface area contributed by atoms with Crippen LogP contribution in [0.15, 0.2) is 24.8 Å². The molecule has 0 unspecified atom stereocenters. The molecular formula is C12H13N9O. The fourth-order valence-electron chi connectivity index (χ4n) is 1.97. The molecule has 3 heterocycles. The second-order valence-electron chi connectivity index (χ2n) is 4.66. The van der Waals surface area contributed by atoms with Crippen molar-refractivity contribution in [2.75, 3.05) is 5.32 Å². The molecule has 0 aliphatic rings. The number of hydrogen-bond acceptors (Lipinski definition) is 7. The van der Waals surface area contributed by atoms with Gasteiger partial charge in [-0.1, -0.05) is 0 Å². The van der Waals surface area contributed by atoms with Gasteiger partial charge in [0.25, 0.3) is 0 Å². The summed E-state index contributed by atoms with van der Waals surface area (Å²) in [6.07, 6.45) is 2.74. The highest BCUT2D eigenvalue weighted by Gasteiger charge is 2.09. The Kier molecular flexibility index (Phi) is 3.56. The van der Waals surface area contributed by atoms with Crippen molar-refractivity contribution in [3.05, 3.63) is 36.2 Å². The number of nitrogens with zero attached hydrogens (tertiary/aromatic N) is 8. The van der Waals surface area contributed by atoms with Crippen LogP contribution in [0.2, 0.25) is 0 Å².